The van der Waals surface area contributed by atoms with Gasteiger partial charge in [0, 0.05) is 29.9 Å². The van der Waals surface area contributed by atoms with E-state index in [9.17, 15) is 4.79 Å². The molecule has 2 aromatic rings. The van der Waals surface area contributed by atoms with E-state index in [-0.39, 0.29) is 11.9 Å². The van der Waals surface area contributed by atoms with Gasteiger partial charge in [-0.3, -0.25) is 9.78 Å². The van der Waals surface area contributed by atoms with Gasteiger partial charge in [0.1, 0.15) is 0 Å². The number of rotatable bonds is 6. The van der Waals surface area contributed by atoms with Crippen LogP contribution in [0.2, 0.25) is 0 Å². The fraction of sp³-hybridized carbons (Fsp3) is 0.471. The monoisotopic (exact) mass is 317 g/mol. The number of aromatic nitrogens is 2. The molecule has 0 radical (unpaired) electrons. The lowest BCUT2D eigenvalue weighted by molar-refractivity contribution is -0.133. The zero-order valence-electron chi connectivity index (χ0n) is 13.7. The van der Waals surface area contributed by atoms with Crippen molar-refractivity contribution >= 4 is 17.2 Å². The molecule has 0 spiro atoms. The van der Waals surface area contributed by atoms with E-state index >= 15 is 0 Å². The van der Waals surface area contributed by atoms with Gasteiger partial charge in [-0.1, -0.05) is 6.92 Å². The van der Waals surface area contributed by atoms with Gasteiger partial charge in [0.05, 0.1) is 17.1 Å². The van der Waals surface area contributed by atoms with Crippen molar-refractivity contribution in [2.45, 2.75) is 53.1 Å². The number of hydrogen-bond acceptors (Lipinski definition) is 4. The highest BCUT2D eigenvalue weighted by Gasteiger charge is 2.21. The Labute approximate surface area is 136 Å². The van der Waals surface area contributed by atoms with E-state index in [2.05, 4.69) is 23.8 Å². The minimum Gasteiger partial charge on any atom is -0.335 e. The lowest BCUT2D eigenvalue weighted by Crippen LogP contribution is -2.38. The molecule has 1 atom stereocenters. The van der Waals surface area contributed by atoms with Gasteiger partial charge in [0.15, 0.2) is 0 Å². The van der Waals surface area contributed by atoms with Crippen LogP contribution in [0.1, 0.15) is 41.4 Å². The number of hydrogen-bond donors (Lipinski definition) is 0. The number of pyridine rings is 1. The Bertz CT molecular complexity index is 624. The Kier molecular flexibility index (Phi) is 5.66. The van der Waals surface area contributed by atoms with Crippen molar-refractivity contribution in [3.05, 3.63) is 45.7 Å². The number of aryl methyl sites for hydroxylation is 2. The average Bonchev–Trinajstić information content (AvgIpc) is 2.82. The van der Waals surface area contributed by atoms with Gasteiger partial charge in [-0.2, -0.15) is 0 Å². The van der Waals surface area contributed by atoms with Gasteiger partial charge < -0.3 is 4.90 Å². The maximum absolute atomic E-state index is 12.8. The molecular weight excluding hydrogens is 294 g/mol. The molecule has 2 heterocycles. The van der Waals surface area contributed by atoms with E-state index in [1.165, 1.54) is 0 Å². The van der Waals surface area contributed by atoms with Crippen LogP contribution in [0.25, 0.3) is 0 Å². The number of thiazole rings is 1. The van der Waals surface area contributed by atoms with Gasteiger partial charge in [0.2, 0.25) is 5.91 Å². The summed E-state index contributed by atoms with van der Waals surface area (Å²) in [5, 5.41) is 1.02. The molecular formula is C17H23N3OS. The molecule has 0 aliphatic carbocycles. The summed E-state index contributed by atoms with van der Waals surface area (Å²) in [6.45, 7) is 8.84. The summed E-state index contributed by atoms with van der Waals surface area (Å²) in [6, 6.07) is 4.13. The molecule has 4 nitrogen and oxygen atoms in total. The summed E-state index contributed by atoms with van der Waals surface area (Å²) >= 11 is 1.65. The van der Waals surface area contributed by atoms with Crippen molar-refractivity contribution in [3.8, 4) is 0 Å². The van der Waals surface area contributed by atoms with Crippen LogP contribution in [0.3, 0.4) is 0 Å². The highest BCUT2D eigenvalue weighted by Crippen LogP contribution is 2.19. The molecule has 118 valence electrons. The molecule has 1 amide bonds. The highest BCUT2D eigenvalue weighted by molar-refractivity contribution is 7.11. The first-order chi connectivity index (χ1) is 10.5. The lowest BCUT2D eigenvalue weighted by atomic mass is 10.1. The number of nitrogens with zero attached hydrogens (tertiary/aromatic N) is 3. The Hall–Kier alpha value is -1.75. The predicted molar refractivity (Wildman–Crippen MR) is 89.8 cm³/mol. The van der Waals surface area contributed by atoms with Crippen molar-refractivity contribution < 1.29 is 4.79 Å². The first-order valence-corrected chi connectivity index (χ1v) is 8.44. The Balaban J connectivity index is 2.14. The first-order valence-electron chi connectivity index (χ1n) is 7.62. The molecule has 0 aliphatic rings. The third kappa shape index (κ3) is 4.13. The van der Waals surface area contributed by atoms with Crippen molar-refractivity contribution in [2.24, 2.45) is 0 Å². The molecule has 2 rings (SSSR count). The minimum absolute atomic E-state index is 0.138. The molecule has 0 saturated carbocycles. The Morgan fingerprint density at radius 3 is 2.55 bits per heavy atom. The summed E-state index contributed by atoms with van der Waals surface area (Å²) in [4.78, 5) is 24.4. The van der Waals surface area contributed by atoms with Crippen molar-refractivity contribution in [2.75, 3.05) is 0 Å². The first kappa shape index (κ1) is 16.6. The summed E-state index contributed by atoms with van der Waals surface area (Å²) in [5.41, 5.74) is 2.02. The summed E-state index contributed by atoms with van der Waals surface area (Å²) in [6.07, 6.45) is 4.85. The average molecular weight is 317 g/mol. The molecule has 0 aliphatic heterocycles. The molecule has 0 fully saturated rings. The second-order valence-electron chi connectivity index (χ2n) is 5.55. The number of carbonyl (C=O) groups is 1. The van der Waals surface area contributed by atoms with E-state index < -0.39 is 0 Å². The Morgan fingerprint density at radius 1 is 1.32 bits per heavy atom. The third-order valence-corrected chi connectivity index (χ3v) is 4.79. The molecule has 2 aromatic heterocycles. The molecule has 22 heavy (non-hydrogen) atoms. The van der Waals surface area contributed by atoms with E-state index in [1.54, 1.807) is 23.7 Å². The van der Waals surface area contributed by atoms with E-state index in [1.807, 2.05) is 30.9 Å². The molecule has 0 aromatic carbocycles. The molecule has 0 N–H and O–H groups in total. The fourth-order valence-electron chi connectivity index (χ4n) is 2.38. The fourth-order valence-corrected chi connectivity index (χ4v) is 3.21. The van der Waals surface area contributed by atoms with Gasteiger partial charge in [-0.25, -0.2) is 4.98 Å². The van der Waals surface area contributed by atoms with Gasteiger partial charge >= 0.3 is 0 Å². The molecule has 0 saturated heterocycles. The second-order valence-corrected chi connectivity index (χ2v) is 6.95. The minimum atomic E-state index is 0.138. The van der Waals surface area contributed by atoms with Crippen molar-refractivity contribution in [3.63, 3.8) is 0 Å². The van der Waals surface area contributed by atoms with Crippen molar-refractivity contribution in [1.82, 2.24) is 14.9 Å². The largest absolute Gasteiger partial charge is 0.335 e. The van der Waals surface area contributed by atoms with Gasteiger partial charge in [-0.05, 0) is 44.9 Å². The van der Waals surface area contributed by atoms with Gasteiger partial charge in [-0.15, -0.1) is 11.3 Å². The lowest BCUT2D eigenvalue weighted by Gasteiger charge is -2.28. The second kappa shape index (κ2) is 7.49. The van der Waals surface area contributed by atoms with Crippen LogP contribution in [0.15, 0.2) is 24.5 Å². The molecule has 5 heteroatoms. The third-order valence-electron chi connectivity index (χ3n) is 3.86. The summed E-state index contributed by atoms with van der Waals surface area (Å²) < 4.78 is 0. The Morgan fingerprint density at radius 2 is 2.00 bits per heavy atom. The maximum atomic E-state index is 12.8. The zero-order valence-corrected chi connectivity index (χ0v) is 14.5. The number of carbonyl (C=O) groups excluding carboxylic acids is 1. The summed E-state index contributed by atoms with van der Waals surface area (Å²) in [7, 11) is 0. The molecule has 0 unspecified atom stereocenters. The normalized spacial score (nSPS) is 12.2. The van der Waals surface area contributed by atoms with E-state index in [0.29, 0.717) is 13.0 Å². The maximum Gasteiger partial charge on any atom is 0.229 e. The zero-order chi connectivity index (χ0) is 16.1. The van der Waals surface area contributed by atoms with Crippen LogP contribution in [0.5, 0.6) is 0 Å². The quantitative estimate of drug-likeness (QED) is 0.819. The van der Waals surface area contributed by atoms with Gasteiger partial charge in [0.25, 0.3) is 0 Å². The topological polar surface area (TPSA) is 46.1 Å². The van der Waals surface area contributed by atoms with Crippen LogP contribution in [-0.4, -0.2) is 26.8 Å². The van der Waals surface area contributed by atoms with Crippen molar-refractivity contribution in [1.29, 1.82) is 0 Å². The van der Waals surface area contributed by atoms with E-state index in [4.69, 9.17) is 0 Å². The van der Waals surface area contributed by atoms with Crippen LogP contribution >= 0.6 is 11.3 Å². The highest BCUT2D eigenvalue weighted by atomic mass is 32.1. The summed E-state index contributed by atoms with van der Waals surface area (Å²) in [5.74, 6) is 0.138. The van der Waals surface area contributed by atoms with Crippen LogP contribution in [0.4, 0.5) is 0 Å². The SMILES string of the molecule is CC[C@@H](C)N(Cc1ccncc1)C(=O)Cc1nc(C)sc1C. The standard InChI is InChI=1S/C17H23N3OS/c1-5-12(2)20(11-15-6-8-18-9-7-15)17(21)10-16-13(3)22-14(4)19-16/h6-9,12H,5,10-11H2,1-4H3/t12-/m1/s1. The van der Waals surface area contributed by atoms with E-state index in [0.717, 1.165) is 27.6 Å². The smallest absolute Gasteiger partial charge is 0.229 e. The van der Waals surface area contributed by atoms with Crippen LogP contribution < -0.4 is 0 Å². The molecule has 0 bridgehead atoms. The predicted octanol–water partition coefficient (Wildman–Crippen LogP) is 3.52. The van der Waals surface area contributed by atoms with Crippen LogP contribution in [-0.2, 0) is 17.8 Å². The van der Waals surface area contributed by atoms with Crippen LogP contribution in [0, 0.1) is 13.8 Å². The number of amides is 1.